The van der Waals surface area contributed by atoms with Crippen LogP contribution in [-0.2, 0) is 22.5 Å². The first kappa shape index (κ1) is 20.7. The molecule has 10 heteroatoms. The van der Waals surface area contributed by atoms with Crippen molar-refractivity contribution in [1.82, 2.24) is 9.55 Å². The quantitative estimate of drug-likeness (QED) is 0.558. The molecular weight excluding hydrogens is 477 g/mol. The molecule has 1 aliphatic heterocycles. The molecule has 0 aliphatic carbocycles. The highest BCUT2D eigenvalue weighted by atomic mass is 79.9. The van der Waals surface area contributed by atoms with Crippen LogP contribution in [0.1, 0.15) is 34.4 Å². The minimum Gasteiger partial charge on any atom is -0.448 e. The van der Waals surface area contributed by atoms with Crippen LogP contribution in [-0.4, -0.2) is 27.5 Å². The number of rotatable bonds is 4. The molecule has 2 aromatic heterocycles. The molecule has 7 nitrogen and oxygen atoms in total. The van der Waals surface area contributed by atoms with E-state index in [2.05, 4.69) is 26.2 Å². The van der Waals surface area contributed by atoms with Gasteiger partial charge in [0.15, 0.2) is 6.10 Å². The zero-order chi connectivity index (χ0) is 21.6. The van der Waals surface area contributed by atoms with Crippen molar-refractivity contribution in [2.45, 2.75) is 39.3 Å². The molecule has 0 fully saturated rings. The van der Waals surface area contributed by atoms with E-state index in [1.165, 1.54) is 19.1 Å². The van der Waals surface area contributed by atoms with Crippen LogP contribution < -0.4 is 10.9 Å². The number of benzene rings is 1. The predicted octanol–water partition coefficient (Wildman–Crippen LogP) is 3.80. The maximum atomic E-state index is 13.9. The number of nitrogens with zero attached hydrogens (tertiary/aromatic N) is 2. The molecule has 1 aromatic carbocycles. The van der Waals surface area contributed by atoms with E-state index in [9.17, 15) is 18.8 Å². The summed E-state index contributed by atoms with van der Waals surface area (Å²) in [5.74, 6) is -1.28. The zero-order valence-electron chi connectivity index (χ0n) is 16.1. The Bertz CT molecular complexity index is 1250. The Morgan fingerprint density at radius 3 is 2.90 bits per heavy atom. The highest BCUT2D eigenvalue weighted by Crippen LogP contribution is 2.29. The van der Waals surface area contributed by atoms with Crippen LogP contribution in [0.3, 0.4) is 0 Å². The van der Waals surface area contributed by atoms with Gasteiger partial charge in [-0.05, 0) is 44.0 Å². The summed E-state index contributed by atoms with van der Waals surface area (Å²) in [6.07, 6.45) is 0.439. The molecule has 1 unspecified atom stereocenters. The van der Waals surface area contributed by atoms with E-state index in [0.717, 1.165) is 30.0 Å². The third-order valence-electron chi connectivity index (χ3n) is 4.94. The van der Waals surface area contributed by atoms with Gasteiger partial charge >= 0.3 is 5.97 Å². The number of aromatic nitrogens is 2. The monoisotopic (exact) mass is 493 g/mol. The Labute approximate surface area is 183 Å². The summed E-state index contributed by atoms with van der Waals surface area (Å²) in [6, 6.07) is 4.20. The third kappa shape index (κ3) is 3.65. The number of carbonyl (C=O) groups excluding carboxylic acids is 2. The molecule has 1 aliphatic rings. The van der Waals surface area contributed by atoms with Gasteiger partial charge in [0.1, 0.15) is 21.3 Å². The molecule has 3 aromatic rings. The standard InChI is InChI=1S/C20H17BrFN3O4S/c1-9-15-18(24-14-4-3-7-25(14)19(15)27)30-16(9)20(28)29-10(2)17(26)23-13-6-5-11(21)8-12(13)22/h5-6,8,10H,3-4,7H2,1-2H3,(H,23,26). The van der Waals surface area contributed by atoms with Gasteiger partial charge in [-0.3, -0.25) is 14.2 Å². The van der Waals surface area contributed by atoms with Gasteiger partial charge in [0.05, 0.1) is 11.1 Å². The molecule has 156 valence electrons. The van der Waals surface area contributed by atoms with E-state index in [1.807, 2.05) is 0 Å². The summed E-state index contributed by atoms with van der Waals surface area (Å²) >= 11 is 4.22. The average Bonchev–Trinajstić information content (AvgIpc) is 3.29. The van der Waals surface area contributed by atoms with Gasteiger partial charge in [-0.2, -0.15) is 0 Å². The Morgan fingerprint density at radius 1 is 1.40 bits per heavy atom. The number of thiophene rings is 1. The minimum absolute atomic E-state index is 0.0177. The highest BCUT2D eigenvalue weighted by Gasteiger charge is 2.26. The lowest BCUT2D eigenvalue weighted by molar-refractivity contribution is -0.123. The summed E-state index contributed by atoms with van der Waals surface area (Å²) in [6.45, 7) is 3.69. The number of halogens is 2. The second-order valence-corrected chi connectivity index (χ2v) is 8.90. The summed E-state index contributed by atoms with van der Waals surface area (Å²) in [4.78, 5) is 43.0. The van der Waals surface area contributed by atoms with E-state index in [-0.39, 0.29) is 16.1 Å². The SMILES string of the molecule is Cc1c(C(=O)OC(C)C(=O)Nc2ccc(Br)cc2F)sc2nc3n(c(=O)c12)CCC3. The maximum Gasteiger partial charge on any atom is 0.349 e. The van der Waals surface area contributed by atoms with Crippen LogP contribution in [0, 0.1) is 12.7 Å². The summed E-state index contributed by atoms with van der Waals surface area (Å²) in [7, 11) is 0. The van der Waals surface area contributed by atoms with Crippen molar-refractivity contribution in [2.24, 2.45) is 0 Å². The van der Waals surface area contributed by atoms with Crippen molar-refractivity contribution in [3.8, 4) is 0 Å². The highest BCUT2D eigenvalue weighted by molar-refractivity contribution is 9.10. The zero-order valence-corrected chi connectivity index (χ0v) is 18.5. The van der Waals surface area contributed by atoms with E-state index in [1.54, 1.807) is 17.6 Å². The Kier molecular flexibility index (Phi) is 5.46. The van der Waals surface area contributed by atoms with Crippen molar-refractivity contribution >= 4 is 55.0 Å². The van der Waals surface area contributed by atoms with Crippen LogP contribution in [0.4, 0.5) is 10.1 Å². The minimum atomic E-state index is -1.16. The second-order valence-electron chi connectivity index (χ2n) is 6.99. The largest absolute Gasteiger partial charge is 0.448 e. The number of carbonyl (C=O) groups is 2. The summed E-state index contributed by atoms with van der Waals surface area (Å²) in [5.41, 5.74) is 0.318. The van der Waals surface area contributed by atoms with Gasteiger partial charge in [0.2, 0.25) is 0 Å². The molecule has 0 bridgehead atoms. The van der Waals surface area contributed by atoms with Crippen LogP contribution in [0.5, 0.6) is 0 Å². The van der Waals surface area contributed by atoms with Gasteiger partial charge in [-0.15, -0.1) is 11.3 Å². The molecule has 4 rings (SSSR count). The molecule has 0 saturated heterocycles. The first-order valence-corrected chi connectivity index (χ1v) is 10.9. The molecular formula is C20H17BrFN3O4S. The fourth-order valence-corrected chi connectivity index (χ4v) is 4.77. The molecule has 0 radical (unpaired) electrons. The van der Waals surface area contributed by atoms with Gasteiger partial charge in [0, 0.05) is 17.4 Å². The molecule has 0 spiro atoms. The lowest BCUT2D eigenvalue weighted by Gasteiger charge is -2.13. The van der Waals surface area contributed by atoms with E-state index in [0.29, 0.717) is 26.8 Å². The maximum absolute atomic E-state index is 13.9. The number of esters is 1. The number of aryl methyl sites for hydroxylation is 2. The molecule has 30 heavy (non-hydrogen) atoms. The smallest absolute Gasteiger partial charge is 0.349 e. The Balaban J connectivity index is 1.54. The number of hydrogen-bond donors (Lipinski definition) is 1. The summed E-state index contributed by atoms with van der Waals surface area (Å²) in [5, 5.41) is 2.81. The molecule has 0 saturated carbocycles. The topological polar surface area (TPSA) is 90.3 Å². The van der Waals surface area contributed by atoms with Gasteiger partial charge in [-0.25, -0.2) is 14.2 Å². The van der Waals surface area contributed by atoms with Crippen molar-refractivity contribution in [3.63, 3.8) is 0 Å². The molecule has 1 N–H and O–H groups in total. The molecule has 1 amide bonds. The van der Waals surface area contributed by atoms with Crippen LogP contribution in [0.15, 0.2) is 27.5 Å². The normalized spacial score (nSPS) is 13.9. The fraction of sp³-hybridized carbons (Fsp3) is 0.300. The lowest BCUT2D eigenvalue weighted by Crippen LogP contribution is -2.30. The fourth-order valence-electron chi connectivity index (χ4n) is 3.36. The number of hydrogen-bond acceptors (Lipinski definition) is 6. The number of amides is 1. The van der Waals surface area contributed by atoms with Gasteiger partial charge < -0.3 is 10.1 Å². The predicted molar refractivity (Wildman–Crippen MR) is 115 cm³/mol. The van der Waals surface area contributed by atoms with E-state index in [4.69, 9.17) is 4.74 Å². The number of fused-ring (bicyclic) bond motifs is 2. The molecule has 1 atom stereocenters. The van der Waals surface area contributed by atoms with Crippen LogP contribution in [0.25, 0.3) is 10.2 Å². The van der Waals surface area contributed by atoms with Crippen molar-refractivity contribution in [1.29, 1.82) is 0 Å². The van der Waals surface area contributed by atoms with Crippen LogP contribution in [0.2, 0.25) is 0 Å². The van der Waals surface area contributed by atoms with E-state index < -0.39 is 23.8 Å². The lowest BCUT2D eigenvalue weighted by atomic mass is 10.2. The van der Waals surface area contributed by atoms with Crippen molar-refractivity contribution in [2.75, 3.05) is 5.32 Å². The van der Waals surface area contributed by atoms with Crippen molar-refractivity contribution in [3.05, 3.63) is 55.1 Å². The third-order valence-corrected chi connectivity index (χ3v) is 6.60. The summed E-state index contributed by atoms with van der Waals surface area (Å²) < 4.78 is 21.4. The second kappa shape index (κ2) is 7.92. The number of ether oxygens (including phenoxy) is 1. The average molecular weight is 494 g/mol. The Morgan fingerprint density at radius 2 is 2.17 bits per heavy atom. The number of nitrogens with one attached hydrogen (secondary N) is 1. The Hall–Kier alpha value is -2.59. The number of anilines is 1. The van der Waals surface area contributed by atoms with Gasteiger partial charge in [-0.1, -0.05) is 15.9 Å². The first-order chi connectivity index (χ1) is 14.3. The van der Waals surface area contributed by atoms with Gasteiger partial charge in [0.25, 0.3) is 11.5 Å². The van der Waals surface area contributed by atoms with Crippen LogP contribution >= 0.6 is 27.3 Å². The van der Waals surface area contributed by atoms with E-state index >= 15 is 0 Å². The van der Waals surface area contributed by atoms with Crippen molar-refractivity contribution < 1.29 is 18.7 Å². The molecule has 3 heterocycles. The first-order valence-electron chi connectivity index (χ1n) is 9.26.